The van der Waals surface area contributed by atoms with Crippen molar-refractivity contribution in [2.75, 3.05) is 0 Å². The van der Waals surface area contributed by atoms with Crippen molar-refractivity contribution >= 4 is 54.5 Å². The Labute approximate surface area is 195 Å². The Bertz CT molecular complexity index is 2010. The molecular weight excluding hydrogens is 414 g/mol. The lowest BCUT2D eigenvalue weighted by molar-refractivity contribution is 0.669. The highest BCUT2D eigenvalue weighted by atomic mass is 16.3. The van der Waals surface area contributed by atoms with Crippen molar-refractivity contribution in [3.05, 3.63) is 115 Å². The van der Waals surface area contributed by atoms with E-state index in [2.05, 4.69) is 120 Å². The van der Waals surface area contributed by atoms with Gasteiger partial charge in [0.25, 0.3) is 0 Å². The quantitative estimate of drug-likeness (QED) is 0.249. The molecule has 34 heavy (non-hydrogen) atoms. The number of furan rings is 1. The van der Waals surface area contributed by atoms with Crippen LogP contribution in [-0.4, -0.2) is 4.57 Å². The third-order valence-electron chi connectivity index (χ3n) is 7.13. The highest BCUT2D eigenvalue weighted by molar-refractivity contribution is 6.33. The second-order valence-electron chi connectivity index (χ2n) is 8.98. The number of aromatic nitrogens is 1. The summed E-state index contributed by atoms with van der Waals surface area (Å²) in [4.78, 5) is 0. The maximum absolute atomic E-state index is 6.37. The molecule has 0 unspecified atom stereocenters. The van der Waals surface area contributed by atoms with Crippen molar-refractivity contribution in [1.82, 2.24) is 4.57 Å². The minimum atomic E-state index is 0.925. The molecule has 2 aromatic heterocycles. The second kappa shape index (κ2) is 6.49. The average Bonchev–Trinajstić information content (AvgIpc) is 3.22. The average molecular weight is 434 g/mol. The number of hydrogen-bond acceptors (Lipinski definition) is 1. The molecular formula is C32H19NO. The van der Waals surface area contributed by atoms with E-state index < -0.39 is 0 Å². The maximum Gasteiger partial charge on any atom is 0.137 e. The largest absolute Gasteiger partial charge is 0.456 e. The van der Waals surface area contributed by atoms with Crippen molar-refractivity contribution in [1.29, 1.82) is 0 Å². The van der Waals surface area contributed by atoms with Gasteiger partial charge in [0.05, 0.1) is 16.4 Å². The molecule has 2 heteroatoms. The molecule has 6 aromatic carbocycles. The van der Waals surface area contributed by atoms with E-state index in [0.29, 0.717) is 0 Å². The summed E-state index contributed by atoms with van der Waals surface area (Å²) in [7, 11) is 0. The van der Waals surface area contributed by atoms with Crippen molar-refractivity contribution in [3.8, 4) is 16.8 Å². The van der Waals surface area contributed by atoms with Crippen LogP contribution in [0.15, 0.2) is 120 Å². The van der Waals surface area contributed by atoms with Crippen LogP contribution in [0.3, 0.4) is 0 Å². The van der Waals surface area contributed by atoms with Gasteiger partial charge in [-0.15, -0.1) is 0 Å². The zero-order valence-electron chi connectivity index (χ0n) is 18.3. The highest BCUT2D eigenvalue weighted by Crippen LogP contribution is 2.44. The Morgan fingerprint density at radius 2 is 1.12 bits per heavy atom. The van der Waals surface area contributed by atoms with Crippen LogP contribution in [-0.2, 0) is 0 Å². The summed E-state index contributed by atoms with van der Waals surface area (Å²) in [5.74, 6) is 0. The lowest BCUT2D eigenvalue weighted by Crippen LogP contribution is -1.97. The first-order valence-electron chi connectivity index (χ1n) is 11.6. The number of benzene rings is 6. The van der Waals surface area contributed by atoms with E-state index in [-0.39, 0.29) is 0 Å². The van der Waals surface area contributed by atoms with E-state index >= 15 is 0 Å². The van der Waals surface area contributed by atoms with Crippen molar-refractivity contribution in [3.63, 3.8) is 0 Å². The number of rotatable bonds is 2. The third-order valence-corrected chi connectivity index (χ3v) is 7.13. The topological polar surface area (TPSA) is 18.1 Å². The molecule has 0 aliphatic carbocycles. The summed E-state index contributed by atoms with van der Waals surface area (Å²) in [6.45, 7) is 0. The summed E-state index contributed by atoms with van der Waals surface area (Å²) >= 11 is 0. The summed E-state index contributed by atoms with van der Waals surface area (Å²) in [6, 6.07) is 41.2. The molecule has 0 atom stereocenters. The van der Waals surface area contributed by atoms with Gasteiger partial charge in [-0.1, -0.05) is 78.9 Å². The zero-order valence-corrected chi connectivity index (χ0v) is 18.3. The molecule has 0 N–H and O–H groups in total. The zero-order chi connectivity index (χ0) is 22.2. The van der Waals surface area contributed by atoms with Gasteiger partial charge >= 0.3 is 0 Å². The predicted octanol–water partition coefficient (Wildman–Crippen LogP) is 8.94. The molecule has 0 amide bonds. The number of nitrogens with zero attached hydrogens (tertiary/aromatic N) is 1. The van der Waals surface area contributed by atoms with Crippen LogP contribution in [0, 0.1) is 0 Å². The normalized spacial score (nSPS) is 12.1. The molecule has 2 heterocycles. The second-order valence-corrected chi connectivity index (χ2v) is 8.98. The van der Waals surface area contributed by atoms with Gasteiger partial charge in [0.2, 0.25) is 0 Å². The lowest BCUT2D eigenvalue weighted by Gasteiger charge is -2.14. The van der Waals surface area contributed by atoms with Crippen molar-refractivity contribution < 1.29 is 4.42 Å². The molecule has 158 valence electrons. The van der Waals surface area contributed by atoms with E-state index in [9.17, 15) is 0 Å². The maximum atomic E-state index is 6.37. The minimum absolute atomic E-state index is 0.925. The van der Waals surface area contributed by atoms with Crippen LogP contribution in [0.5, 0.6) is 0 Å². The first kappa shape index (κ1) is 17.9. The lowest BCUT2D eigenvalue weighted by atomic mass is 9.97. The van der Waals surface area contributed by atoms with Gasteiger partial charge in [-0.05, 0) is 58.3 Å². The van der Waals surface area contributed by atoms with Crippen LogP contribution in [0.2, 0.25) is 0 Å². The molecule has 0 bridgehead atoms. The van der Waals surface area contributed by atoms with Gasteiger partial charge in [-0.2, -0.15) is 0 Å². The van der Waals surface area contributed by atoms with Gasteiger partial charge in [-0.25, -0.2) is 0 Å². The Morgan fingerprint density at radius 3 is 2.00 bits per heavy atom. The standard InChI is InChI=1S/C32H19NO/c1-2-7-20(8-3-1)23-10-4-11-24(19-23)33-25-12-5-9-21-15-16-22-17-18-28-32(30(22)29(21)25)31-26(33)13-6-14-27(31)34-28/h1-19H. The van der Waals surface area contributed by atoms with Gasteiger partial charge in [0.15, 0.2) is 0 Å². The van der Waals surface area contributed by atoms with E-state index in [4.69, 9.17) is 4.42 Å². The molecule has 0 aliphatic heterocycles. The third kappa shape index (κ3) is 2.29. The van der Waals surface area contributed by atoms with E-state index in [1.165, 1.54) is 49.0 Å². The molecule has 0 radical (unpaired) electrons. The minimum Gasteiger partial charge on any atom is -0.456 e. The van der Waals surface area contributed by atoms with Crippen LogP contribution in [0.25, 0.3) is 71.3 Å². The summed E-state index contributed by atoms with van der Waals surface area (Å²) < 4.78 is 8.78. The molecule has 0 saturated heterocycles. The fourth-order valence-corrected chi connectivity index (χ4v) is 5.70. The van der Waals surface area contributed by atoms with E-state index in [1.54, 1.807) is 0 Å². The highest BCUT2D eigenvalue weighted by Gasteiger charge is 2.20. The summed E-state index contributed by atoms with van der Waals surface area (Å²) in [5.41, 5.74) is 7.77. The van der Waals surface area contributed by atoms with Crippen LogP contribution in [0.4, 0.5) is 0 Å². The van der Waals surface area contributed by atoms with Gasteiger partial charge in [0.1, 0.15) is 11.2 Å². The smallest absolute Gasteiger partial charge is 0.137 e. The first-order valence-corrected chi connectivity index (χ1v) is 11.6. The molecule has 0 spiro atoms. The first-order chi connectivity index (χ1) is 16.9. The predicted molar refractivity (Wildman–Crippen MR) is 142 cm³/mol. The molecule has 0 fully saturated rings. The van der Waals surface area contributed by atoms with E-state index in [1.807, 2.05) is 0 Å². The monoisotopic (exact) mass is 433 g/mol. The fraction of sp³-hybridized carbons (Fsp3) is 0. The molecule has 8 aromatic rings. The van der Waals surface area contributed by atoms with Crippen LogP contribution < -0.4 is 0 Å². The Balaban J connectivity index is 1.64. The Kier molecular flexibility index (Phi) is 3.42. The molecule has 2 nitrogen and oxygen atoms in total. The molecule has 8 rings (SSSR count). The fourth-order valence-electron chi connectivity index (χ4n) is 5.70. The molecule has 0 aliphatic rings. The summed E-state index contributed by atoms with van der Waals surface area (Å²) in [6.07, 6.45) is 0. The SMILES string of the molecule is c1ccc(-c2cccc(-n3c4cccc5ccc6ccc7oc8cccc3c8c7c6c54)c2)cc1. The van der Waals surface area contributed by atoms with Crippen molar-refractivity contribution in [2.24, 2.45) is 0 Å². The Hall–Kier alpha value is -4.56. The van der Waals surface area contributed by atoms with Gasteiger partial charge in [0, 0.05) is 21.8 Å². The van der Waals surface area contributed by atoms with Crippen LogP contribution in [0.1, 0.15) is 0 Å². The Morgan fingerprint density at radius 1 is 0.441 bits per heavy atom. The van der Waals surface area contributed by atoms with Gasteiger partial charge < -0.3 is 8.98 Å². The van der Waals surface area contributed by atoms with Crippen molar-refractivity contribution in [2.45, 2.75) is 0 Å². The van der Waals surface area contributed by atoms with Gasteiger partial charge in [-0.3, -0.25) is 0 Å². The molecule has 0 saturated carbocycles. The number of hydrogen-bond donors (Lipinski definition) is 0. The van der Waals surface area contributed by atoms with E-state index in [0.717, 1.165) is 22.4 Å². The summed E-state index contributed by atoms with van der Waals surface area (Å²) in [5, 5.41) is 7.42. The van der Waals surface area contributed by atoms with Crippen LogP contribution >= 0.6 is 0 Å².